The second kappa shape index (κ2) is 8.07. The van der Waals surface area contributed by atoms with E-state index in [1.54, 1.807) is 11.8 Å². The van der Waals surface area contributed by atoms with Crippen LogP contribution in [-0.2, 0) is 14.8 Å². The van der Waals surface area contributed by atoms with Crippen molar-refractivity contribution in [3.63, 3.8) is 0 Å². The summed E-state index contributed by atoms with van der Waals surface area (Å²) in [6, 6.07) is 3.74. The van der Waals surface area contributed by atoms with E-state index in [2.05, 4.69) is 4.72 Å². The van der Waals surface area contributed by atoms with Crippen LogP contribution in [0.3, 0.4) is 0 Å². The number of hydrogen-bond acceptors (Lipinski definition) is 6. The summed E-state index contributed by atoms with van der Waals surface area (Å²) in [7, 11) is -1.19. The van der Waals surface area contributed by atoms with Gasteiger partial charge in [0.25, 0.3) is 5.91 Å². The molecule has 1 aliphatic heterocycles. The fourth-order valence-electron chi connectivity index (χ4n) is 2.59. The molecule has 0 spiro atoms. The van der Waals surface area contributed by atoms with Gasteiger partial charge in [0.15, 0.2) is 0 Å². The standard InChI is InChI=1S/C15H20N2O6S2/c1-16-25(21,22)13-7-10(3-4-12(13)23-2)15(20)17-5-6-24-9-11(17)8-14(18)19/h3-4,7,11,16H,5-6,8-9H2,1-2H3,(H,18,19). The lowest BCUT2D eigenvalue weighted by Crippen LogP contribution is -2.47. The van der Waals surface area contributed by atoms with Crippen LogP contribution in [0.2, 0.25) is 0 Å². The average Bonchev–Trinajstić information content (AvgIpc) is 2.60. The zero-order chi connectivity index (χ0) is 18.6. The number of thioether (sulfide) groups is 1. The number of amides is 1. The molecular formula is C15H20N2O6S2. The summed E-state index contributed by atoms with van der Waals surface area (Å²) < 4.78 is 31.6. The van der Waals surface area contributed by atoms with Gasteiger partial charge in [-0.05, 0) is 25.2 Å². The summed E-state index contributed by atoms with van der Waals surface area (Å²) >= 11 is 1.60. The lowest BCUT2D eigenvalue weighted by Gasteiger charge is -2.34. The molecule has 25 heavy (non-hydrogen) atoms. The number of aliphatic carboxylic acids is 1. The third-order valence-corrected chi connectivity index (χ3v) is 6.39. The summed E-state index contributed by atoms with van der Waals surface area (Å²) in [6.07, 6.45) is -0.142. The topological polar surface area (TPSA) is 113 Å². The molecule has 1 unspecified atom stereocenters. The van der Waals surface area contributed by atoms with E-state index in [4.69, 9.17) is 9.84 Å². The molecule has 0 aromatic heterocycles. The monoisotopic (exact) mass is 388 g/mol. The summed E-state index contributed by atoms with van der Waals surface area (Å²) in [6.45, 7) is 0.418. The molecule has 1 amide bonds. The van der Waals surface area contributed by atoms with Crippen LogP contribution in [0.25, 0.3) is 0 Å². The maximum Gasteiger partial charge on any atom is 0.305 e. The Balaban J connectivity index is 2.38. The van der Waals surface area contributed by atoms with Crippen molar-refractivity contribution in [1.82, 2.24) is 9.62 Å². The normalized spacial score (nSPS) is 18.0. The first-order valence-corrected chi connectivity index (χ1v) is 10.2. The molecule has 1 atom stereocenters. The quantitative estimate of drug-likeness (QED) is 0.735. The molecule has 1 aromatic carbocycles. The fraction of sp³-hybridized carbons (Fsp3) is 0.467. The van der Waals surface area contributed by atoms with Crippen molar-refractivity contribution in [2.24, 2.45) is 0 Å². The first-order chi connectivity index (χ1) is 11.8. The molecule has 1 saturated heterocycles. The van der Waals surface area contributed by atoms with E-state index in [0.29, 0.717) is 18.1 Å². The smallest absolute Gasteiger partial charge is 0.305 e. The lowest BCUT2D eigenvalue weighted by molar-refractivity contribution is -0.138. The summed E-state index contributed by atoms with van der Waals surface area (Å²) in [5.74, 6) is 0.0117. The molecule has 0 bridgehead atoms. The molecule has 2 rings (SSSR count). The Morgan fingerprint density at radius 2 is 2.16 bits per heavy atom. The van der Waals surface area contributed by atoms with Gasteiger partial charge in [0, 0.05) is 23.6 Å². The third-order valence-electron chi connectivity index (χ3n) is 3.87. The van der Waals surface area contributed by atoms with Crippen molar-refractivity contribution in [1.29, 1.82) is 0 Å². The molecule has 0 radical (unpaired) electrons. The second-order valence-electron chi connectivity index (χ2n) is 5.40. The van der Waals surface area contributed by atoms with Crippen molar-refractivity contribution in [3.05, 3.63) is 23.8 Å². The van der Waals surface area contributed by atoms with Gasteiger partial charge in [0.1, 0.15) is 10.6 Å². The van der Waals surface area contributed by atoms with E-state index >= 15 is 0 Å². The molecule has 138 valence electrons. The number of carbonyl (C=O) groups is 2. The first-order valence-electron chi connectivity index (χ1n) is 7.52. The van der Waals surface area contributed by atoms with Gasteiger partial charge in [-0.25, -0.2) is 13.1 Å². The van der Waals surface area contributed by atoms with Crippen molar-refractivity contribution >= 4 is 33.7 Å². The van der Waals surface area contributed by atoms with Gasteiger partial charge >= 0.3 is 5.97 Å². The number of benzene rings is 1. The van der Waals surface area contributed by atoms with Crippen molar-refractivity contribution in [2.45, 2.75) is 17.4 Å². The second-order valence-corrected chi connectivity index (χ2v) is 8.40. The third kappa shape index (κ3) is 4.44. The number of ether oxygens (including phenoxy) is 1. The van der Waals surface area contributed by atoms with Gasteiger partial charge in [-0.1, -0.05) is 0 Å². The maximum absolute atomic E-state index is 12.8. The number of nitrogens with zero attached hydrogens (tertiary/aromatic N) is 1. The molecule has 2 N–H and O–H groups in total. The Bertz CT molecular complexity index is 765. The van der Waals surface area contributed by atoms with Crippen LogP contribution in [-0.4, -0.2) is 68.6 Å². The van der Waals surface area contributed by atoms with E-state index in [1.165, 1.54) is 37.3 Å². The van der Waals surface area contributed by atoms with Crippen molar-refractivity contribution in [2.75, 3.05) is 32.2 Å². The van der Waals surface area contributed by atoms with Crippen molar-refractivity contribution in [3.8, 4) is 5.75 Å². The number of sulfonamides is 1. The first kappa shape index (κ1) is 19.5. The van der Waals surface area contributed by atoms with E-state index in [0.717, 1.165) is 0 Å². The Morgan fingerprint density at radius 3 is 2.76 bits per heavy atom. The SMILES string of the molecule is CNS(=O)(=O)c1cc(C(=O)N2CCSCC2CC(=O)O)ccc1OC. The Morgan fingerprint density at radius 1 is 1.44 bits per heavy atom. The highest BCUT2D eigenvalue weighted by atomic mass is 32.2. The van der Waals surface area contributed by atoms with Crippen LogP contribution in [0.4, 0.5) is 0 Å². The Hall–Kier alpha value is -1.78. The van der Waals surface area contributed by atoms with Crippen LogP contribution in [0, 0.1) is 0 Å². The number of carbonyl (C=O) groups excluding carboxylic acids is 1. The van der Waals surface area contributed by atoms with Gasteiger partial charge in [-0.3, -0.25) is 9.59 Å². The van der Waals surface area contributed by atoms with Crippen LogP contribution >= 0.6 is 11.8 Å². The molecule has 0 aliphatic carbocycles. The Labute approximate surface area is 150 Å². The van der Waals surface area contributed by atoms with E-state index in [9.17, 15) is 18.0 Å². The van der Waals surface area contributed by atoms with Crippen LogP contribution in [0.5, 0.6) is 5.75 Å². The minimum absolute atomic E-state index is 0.127. The van der Waals surface area contributed by atoms with Gasteiger partial charge in [-0.15, -0.1) is 0 Å². The highest BCUT2D eigenvalue weighted by molar-refractivity contribution is 7.99. The molecular weight excluding hydrogens is 368 g/mol. The van der Waals surface area contributed by atoms with E-state index in [1.807, 2.05) is 0 Å². The van der Waals surface area contributed by atoms with Gasteiger partial charge in [-0.2, -0.15) is 11.8 Å². The number of nitrogens with one attached hydrogen (secondary N) is 1. The molecule has 1 aliphatic rings. The Kier molecular flexibility index (Phi) is 6.31. The fourth-order valence-corrected chi connectivity index (χ4v) is 4.57. The highest BCUT2D eigenvalue weighted by Gasteiger charge is 2.30. The van der Waals surface area contributed by atoms with Crippen LogP contribution < -0.4 is 9.46 Å². The zero-order valence-corrected chi connectivity index (χ0v) is 15.5. The van der Waals surface area contributed by atoms with Crippen LogP contribution in [0.15, 0.2) is 23.1 Å². The van der Waals surface area contributed by atoms with Crippen molar-refractivity contribution < 1.29 is 27.9 Å². The number of hydrogen-bond donors (Lipinski definition) is 2. The van der Waals surface area contributed by atoms with E-state index < -0.39 is 22.0 Å². The lowest BCUT2D eigenvalue weighted by atomic mass is 10.1. The molecule has 1 aromatic rings. The van der Waals surface area contributed by atoms with Gasteiger partial charge < -0.3 is 14.7 Å². The number of carboxylic acid groups (broad SMARTS) is 1. The average molecular weight is 388 g/mol. The summed E-state index contributed by atoms with van der Waals surface area (Å²) in [4.78, 5) is 25.2. The number of methoxy groups -OCH3 is 1. The minimum Gasteiger partial charge on any atom is -0.495 e. The van der Waals surface area contributed by atoms with E-state index in [-0.39, 0.29) is 28.5 Å². The van der Waals surface area contributed by atoms with Crippen LogP contribution in [0.1, 0.15) is 16.8 Å². The maximum atomic E-state index is 12.8. The summed E-state index contributed by atoms with van der Waals surface area (Å²) in [5.41, 5.74) is 0.178. The summed E-state index contributed by atoms with van der Waals surface area (Å²) in [5, 5.41) is 9.04. The largest absolute Gasteiger partial charge is 0.495 e. The molecule has 1 fully saturated rings. The minimum atomic E-state index is -3.80. The number of rotatable bonds is 6. The number of carboxylic acids is 1. The van der Waals surface area contributed by atoms with Gasteiger partial charge in [0.05, 0.1) is 19.6 Å². The molecule has 10 heteroatoms. The molecule has 1 heterocycles. The highest BCUT2D eigenvalue weighted by Crippen LogP contribution is 2.27. The molecule has 8 nitrogen and oxygen atoms in total. The van der Waals surface area contributed by atoms with Gasteiger partial charge in [0.2, 0.25) is 10.0 Å². The predicted molar refractivity (Wildman–Crippen MR) is 93.6 cm³/mol. The molecule has 0 saturated carbocycles. The zero-order valence-electron chi connectivity index (χ0n) is 13.9. The predicted octanol–water partition coefficient (Wildman–Crippen LogP) is 0.636.